The van der Waals surface area contributed by atoms with Gasteiger partial charge in [0.2, 0.25) is 0 Å². The Balaban J connectivity index is 2.03. The maximum atomic E-state index is 12.4. The third-order valence-electron chi connectivity index (χ3n) is 3.94. The number of rotatable bonds is 6. The molecule has 0 fully saturated rings. The lowest BCUT2D eigenvalue weighted by molar-refractivity contribution is 0.0894. The minimum Gasteiger partial charge on any atom is -0.491 e. The lowest BCUT2D eigenvalue weighted by atomic mass is 9.86. The number of carbonyl (C=O) groups is 2. The topological polar surface area (TPSA) is 43.4 Å². The maximum absolute atomic E-state index is 12.4. The molecule has 0 spiro atoms. The summed E-state index contributed by atoms with van der Waals surface area (Å²) >= 11 is 0. The van der Waals surface area contributed by atoms with Gasteiger partial charge in [0.15, 0.2) is 11.6 Å². The highest BCUT2D eigenvalue weighted by Gasteiger charge is 2.16. The number of ether oxygens (including phenoxy) is 1. The van der Waals surface area contributed by atoms with Crippen LogP contribution in [0, 0.1) is 0 Å². The number of hydrogen-bond donors (Lipinski definition) is 0. The van der Waals surface area contributed by atoms with E-state index in [9.17, 15) is 9.59 Å². The molecule has 0 unspecified atom stereocenters. The molecule has 0 atom stereocenters. The maximum Gasteiger partial charge on any atom is 0.170 e. The van der Waals surface area contributed by atoms with Gasteiger partial charge in [-0.25, -0.2) is 0 Å². The Morgan fingerprint density at radius 2 is 1.28 bits per heavy atom. The molecule has 0 radical (unpaired) electrons. The van der Waals surface area contributed by atoms with Crippen LogP contribution in [0.2, 0.25) is 0 Å². The fraction of sp³-hybridized carbons (Fsp3) is 0.364. The molecular weight excluding hydrogens is 312 g/mol. The number of benzene rings is 2. The smallest absolute Gasteiger partial charge is 0.170 e. The average Bonchev–Trinajstić information content (AvgIpc) is 2.54. The third-order valence-corrected chi connectivity index (χ3v) is 3.94. The molecule has 0 amide bonds. The number of carbonyl (C=O) groups excluding carboxylic acids is 2. The molecule has 0 bridgehead atoms. The molecule has 132 valence electrons. The first-order chi connectivity index (χ1) is 11.7. The summed E-state index contributed by atoms with van der Waals surface area (Å²) in [4.78, 5) is 24.7. The zero-order valence-electron chi connectivity index (χ0n) is 15.6. The molecule has 0 N–H and O–H groups in total. The van der Waals surface area contributed by atoms with Crippen LogP contribution in [0.1, 0.15) is 67.3 Å². The Morgan fingerprint density at radius 3 is 1.68 bits per heavy atom. The van der Waals surface area contributed by atoms with Crippen LogP contribution in [0.3, 0.4) is 0 Å². The fourth-order valence-electron chi connectivity index (χ4n) is 2.50. The summed E-state index contributed by atoms with van der Waals surface area (Å²) in [6, 6.07) is 14.4. The first kappa shape index (κ1) is 18.9. The molecule has 0 aliphatic heterocycles. The number of hydrogen-bond acceptors (Lipinski definition) is 3. The van der Waals surface area contributed by atoms with Gasteiger partial charge in [0.25, 0.3) is 0 Å². The Labute approximate surface area is 150 Å². The van der Waals surface area contributed by atoms with Gasteiger partial charge in [-0.15, -0.1) is 0 Å². The van der Waals surface area contributed by atoms with E-state index in [1.165, 1.54) is 0 Å². The van der Waals surface area contributed by atoms with Crippen molar-refractivity contribution >= 4 is 11.6 Å². The molecule has 25 heavy (non-hydrogen) atoms. The average molecular weight is 338 g/mol. The van der Waals surface area contributed by atoms with Gasteiger partial charge in [0, 0.05) is 11.1 Å². The summed E-state index contributed by atoms with van der Waals surface area (Å²) in [6.45, 7) is 10.3. The van der Waals surface area contributed by atoms with E-state index in [-0.39, 0.29) is 29.5 Å². The van der Waals surface area contributed by atoms with Crippen LogP contribution >= 0.6 is 0 Å². The number of ketones is 2. The van der Waals surface area contributed by atoms with Crippen molar-refractivity contribution in [3.05, 3.63) is 65.2 Å². The Morgan fingerprint density at radius 1 is 0.840 bits per heavy atom. The summed E-state index contributed by atoms with van der Waals surface area (Å²) in [5, 5.41) is 0. The van der Waals surface area contributed by atoms with Crippen LogP contribution in [0.15, 0.2) is 48.5 Å². The van der Waals surface area contributed by atoms with E-state index in [1.54, 1.807) is 36.4 Å². The second-order valence-electron chi connectivity index (χ2n) is 7.54. The minimum absolute atomic E-state index is 0.0389. The van der Waals surface area contributed by atoms with Crippen LogP contribution in [-0.2, 0) is 5.41 Å². The lowest BCUT2D eigenvalue weighted by Crippen LogP contribution is -2.12. The van der Waals surface area contributed by atoms with Gasteiger partial charge in [-0.2, -0.15) is 0 Å². The van der Waals surface area contributed by atoms with E-state index in [1.807, 2.05) is 26.0 Å². The van der Waals surface area contributed by atoms with Crippen LogP contribution in [-0.4, -0.2) is 17.7 Å². The van der Waals surface area contributed by atoms with Gasteiger partial charge in [-0.05, 0) is 49.1 Å². The molecule has 0 aromatic heterocycles. The monoisotopic (exact) mass is 338 g/mol. The quantitative estimate of drug-likeness (QED) is 0.535. The van der Waals surface area contributed by atoms with Gasteiger partial charge in [-0.3, -0.25) is 9.59 Å². The molecular formula is C22H26O3. The molecule has 2 rings (SSSR count). The fourth-order valence-corrected chi connectivity index (χ4v) is 2.50. The van der Waals surface area contributed by atoms with E-state index in [0.29, 0.717) is 11.1 Å². The van der Waals surface area contributed by atoms with Crippen molar-refractivity contribution in [2.24, 2.45) is 0 Å². The van der Waals surface area contributed by atoms with Crippen molar-refractivity contribution in [2.75, 3.05) is 0 Å². The van der Waals surface area contributed by atoms with E-state index in [0.717, 1.165) is 11.3 Å². The molecule has 2 aromatic carbocycles. The highest BCUT2D eigenvalue weighted by Crippen LogP contribution is 2.23. The second-order valence-corrected chi connectivity index (χ2v) is 7.54. The first-order valence-electron chi connectivity index (χ1n) is 8.60. The highest BCUT2D eigenvalue weighted by atomic mass is 16.5. The molecule has 0 saturated heterocycles. The molecule has 0 aliphatic carbocycles. The summed E-state index contributed by atoms with van der Waals surface area (Å²) in [6.07, 6.45) is -0.0432. The lowest BCUT2D eigenvalue weighted by Gasteiger charge is -2.18. The summed E-state index contributed by atoms with van der Waals surface area (Å²) < 4.78 is 5.56. The molecule has 2 aromatic rings. The minimum atomic E-state index is -0.180. The highest BCUT2D eigenvalue weighted by molar-refractivity contribution is 6.13. The van der Waals surface area contributed by atoms with E-state index < -0.39 is 0 Å². The van der Waals surface area contributed by atoms with Gasteiger partial charge >= 0.3 is 0 Å². The molecule has 3 heteroatoms. The van der Waals surface area contributed by atoms with Crippen molar-refractivity contribution in [2.45, 2.75) is 52.6 Å². The second kappa shape index (κ2) is 7.64. The van der Waals surface area contributed by atoms with Crippen molar-refractivity contribution in [1.29, 1.82) is 0 Å². The van der Waals surface area contributed by atoms with Crippen LogP contribution in [0.5, 0.6) is 5.75 Å². The largest absolute Gasteiger partial charge is 0.491 e. The summed E-state index contributed by atoms with van der Waals surface area (Å²) in [5.74, 6) is 0.379. The SMILES string of the molecule is CC(C)Oc1ccc(C(=O)CC(=O)c2ccc(C(C)(C)C)cc2)cc1. The van der Waals surface area contributed by atoms with Gasteiger partial charge in [0.05, 0.1) is 12.5 Å². The third kappa shape index (κ3) is 5.28. The Hall–Kier alpha value is -2.42. The van der Waals surface area contributed by atoms with Crippen LogP contribution < -0.4 is 4.74 Å². The van der Waals surface area contributed by atoms with Crippen molar-refractivity contribution in [3.63, 3.8) is 0 Å². The van der Waals surface area contributed by atoms with Crippen LogP contribution in [0.25, 0.3) is 0 Å². The molecule has 3 nitrogen and oxygen atoms in total. The van der Waals surface area contributed by atoms with Gasteiger partial charge < -0.3 is 4.74 Å². The molecule has 0 heterocycles. The predicted octanol–water partition coefficient (Wildman–Crippen LogP) is 5.23. The van der Waals surface area contributed by atoms with E-state index >= 15 is 0 Å². The van der Waals surface area contributed by atoms with E-state index in [4.69, 9.17) is 4.74 Å². The zero-order chi connectivity index (χ0) is 18.6. The summed E-state index contributed by atoms with van der Waals surface area (Å²) in [5.41, 5.74) is 2.30. The molecule has 0 saturated carbocycles. The number of Topliss-reactive ketones (excluding diaryl/α,β-unsaturated/α-hetero) is 2. The van der Waals surface area contributed by atoms with Gasteiger partial charge in [0.1, 0.15) is 5.75 Å². The Kier molecular flexibility index (Phi) is 5.78. The van der Waals surface area contributed by atoms with Crippen LogP contribution in [0.4, 0.5) is 0 Å². The normalized spacial score (nSPS) is 11.4. The van der Waals surface area contributed by atoms with E-state index in [2.05, 4.69) is 20.8 Å². The van der Waals surface area contributed by atoms with Gasteiger partial charge in [-0.1, -0.05) is 45.0 Å². The standard InChI is InChI=1S/C22H26O3/c1-15(2)25-19-12-8-17(9-13-19)21(24)14-20(23)16-6-10-18(11-7-16)22(3,4)5/h6-13,15H,14H2,1-5H3. The zero-order valence-corrected chi connectivity index (χ0v) is 15.6. The summed E-state index contributed by atoms with van der Waals surface area (Å²) in [7, 11) is 0. The Bertz CT molecular complexity index is 732. The predicted molar refractivity (Wildman–Crippen MR) is 101 cm³/mol. The van der Waals surface area contributed by atoms with Crippen molar-refractivity contribution in [1.82, 2.24) is 0 Å². The van der Waals surface area contributed by atoms with Crippen molar-refractivity contribution < 1.29 is 14.3 Å². The first-order valence-corrected chi connectivity index (χ1v) is 8.60. The molecule has 0 aliphatic rings. The van der Waals surface area contributed by atoms with Crippen molar-refractivity contribution in [3.8, 4) is 5.75 Å².